The van der Waals surface area contributed by atoms with Crippen LogP contribution >= 0.6 is 11.8 Å². The maximum Gasteiger partial charge on any atom is 0.290 e. The van der Waals surface area contributed by atoms with Crippen LogP contribution in [0.5, 0.6) is 0 Å². The summed E-state index contributed by atoms with van der Waals surface area (Å²) in [5, 5.41) is 1.79. The zero-order valence-electron chi connectivity index (χ0n) is 12.2. The second kappa shape index (κ2) is 5.96. The molecule has 114 valence electrons. The number of benzene rings is 1. The number of imide groups is 1. The molecule has 1 saturated heterocycles. The summed E-state index contributed by atoms with van der Waals surface area (Å²) in [6.07, 6.45) is 3.04. The van der Waals surface area contributed by atoms with E-state index in [9.17, 15) is 14.4 Å². The number of fused-ring (bicyclic) bond motifs is 1. The van der Waals surface area contributed by atoms with Gasteiger partial charge in [-0.2, -0.15) is 0 Å². The molecular formula is C16H16N2O3S. The summed E-state index contributed by atoms with van der Waals surface area (Å²) < 4.78 is 0. The summed E-state index contributed by atoms with van der Waals surface area (Å²) in [4.78, 5) is 38.0. The smallest absolute Gasteiger partial charge is 0.290 e. The molecule has 3 rings (SSSR count). The van der Waals surface area contributed by atoms with Gasteiger partial charge in [0, 0.05) is 12.1 Å². The number of thioether (sulfide) groups is 1. The van der Waals surface area contributed by atoms with Crippen molar-refractivity contribution in [3.05, 3.63) is 34.7 Å². The lowest BCUT2D eigenvalue weighted by Crippen LogP contribution is -2.28. The first-order chi connectivity index (χ1) is 10.6. The van der Waals surface area contributed by atoms with Gasteiger partial charge >= 0.3 is 0 Å². The van der Waals surface area contributed by atoms with Crippen LogP contribution in [0.2, 0.25) is 0 Å². The molecule has 1 fully saturated rings. The van der Waals surface area contributed by atoms with Crippen LogP contribution in [-0.2, 0) is 9.59 Å². The predicted molar refractivity (Wildman–Crippen MR) is 86.4 cm³/mol. The molecular weight excluding hydrogens is 300 g/mol. The molecule has 6 heteroatoms. The minimum Gasteiger partial charge on any atom is -0.308 e. The Hall–Kier alpha value is -2.08. The van der Waals surface area contributed by atoms with Gasteiger partial charge in [0.2, 0.25) is 0 Å². The molecule has 0 spiro atoms. The Labute approximate surface area is 132 Å². The highest BCUT2D eigenvalue weighted by atomic mass is 32.2. The molecule has 1 N–H and O–H groups in total. The number of hydrogen-bond donors (Lipinski definition) is 1. The van der Waals surface area contributed by atoms with E-state index >= 15 is 0 Å². The van der Waals surface area contributed by atoms with Gasteiger partial charge < -0.3 is 4.90 Å². The first-order valence-electron chi connectivity index (χ1n) is 7.32. The normalized spacial score (nSPS) is 20.6. The number of amides is 3. The first kappa shape index (κ1) is 14.8. The average Bonchev–Trinajstić information content (AvgIpc) is 2.96. The molecule has 1 aromatic carbocycles. The van der Waals surface area contributed by atoms with Gasteiger partial charge in [-0.3, -0.25) is 19.7 Å². The largest absolute Gasteiger partial charge is 0.308 e. The summed E-state index contributed by atoms with van der Waals surface area (Å²) in [5.74, 6) is -0.673. The van der Waals surface area contributed by atoms with Crippen LogP contribution in [0.1, 0.15) is 31.7 Å². The Morgan fingerprint density at radius 1 is 1.14 bits per heavy atom. The van der Waals surface area contributed by atoms with Crippen molar-refractivity contribution in [3.8, 4) is 0 Å². The molecule has 2 aliphatic rings. The molecule has 0 aromatic heterocycles. The molecule has 3 amide bonds. The molecule has 2 heterocycles. The second-order valence-corrected chi connectivity index (χ2v) is 6.21. The Balaban J connectivity index is 2.03. The van der Waals surface area contributed by atoms with Crippen LogP contribution in [0.3, 0.4) is 0 Å². The van der Waals surface area contributed by atoms with Gasteiger partial charge in [0.15, 0.2) is 0 Å². The van der Waals surface area contributed by atoms with Crippen molar-refractivity contribution in [1.82, 2.24) is 5.32 Å². The average molecular weight is 316 g/mol. The van der Waals surface area contributed by atoms with E-state index in [2.05, 4.69) is 12.2 Å². The summed E-state index contributed by atoms with van der Waals surface area (Å²) in [6.45, 7) is 2.74. The SMILES string of the molecule is CCCCCN1C(=O)/C(=C2\SC(=O)NC2=O)c2ccccc21. The van der Waals surface area contributed by atoms with Crippen molar-refractivity contribution in [2.45, 2.75) is 26.2 Å². The monoisotopic (exact) mass is 316 g/mol. The standard InChI is InChI=1S/C16H16N2O3S/c1-2-3-6-9-18-11-8-5-4-7-10(11)12(15(18)20)13-14(19)17-16(21)22-13/h4-5,7-8H,2-3,6,9H2,1H3,(H,17,19,21)/b13-12-. The number of nitrogens with zero attached hydrogens (tertiary/aromatic N) is 1. The van der Waals surface area contributed by atoms with Crippen LogP contribution in [0, 0.1) is 0 Å². The van der Waals surface area contributed by atoms with E-state index in [1.54, 1.807) is 4.90 Å². The van der Waals surface area contributed by atoms with Crippen LogP contribution in [-0.4, -0.2) is 23.6 Å². The molecule has 0 bridgehead atoms. The van der Waals surface area contributed by atoms with Crippen molar-refractivity contribution in [1.29, 1.82) is 0 Å². The molecule has 1 aromatic rings. The van der Waals surface area contributed by atoms with Crippen molar-refractivity contribution >= 4 is 40.1 Å². The third-order valence-corrected chi connectivity index (χ3v) is 4.63. The molecule has 0 radical (unpaired) electrons. The lowest BCUT2D eigenvalue weighted by Gasteiger charge is -2.16. The minimum atomic E-state index is -0.483. The molecule has 0 unspecified atom stereocenters. The Morgan fingerprint density at radius 3 is 2.59 bits per heavy atom. The second-order valence-electron chi connectivity index (χ2n) is 5.23. The third kappa shape index (κ3) is 2.43. The maximum absolute atomic E-state index is 12.8. The Morgan fingerprint density at radius 2 is 1.91 bits per heavy atom. The van der Waals surface area contributed by atoms with Gasteiger partial charge in [-0.25, -0.2) is 0 Å². The molecule has 0 saturated carbocycles. The molecule has 5 nitrogen and oxygen atoms in total. The van der Waals surface area contributed by atoms with Crippen molar-refractivity contribution in [3.63, 3.8) is 0 Å². The van der Waals surface area contributed by atoms with E-state index in [1.807, 2.05) is 24.3 Å². The topological polar surface area (TPSA) is 66.5 Å². The van der Waals surface area contributed by atoms with Gasteiger partial charge in [0.05, 0.1) is 16.2 Å². The van der Waals surface area contributed by atoms with Crippen LogP contribution in [0.4, 0.5) is 10.5 Å². The highest BCUT2D eigenvalue weighted by Crippen LogP contribution is 2.42. The fourth-order valence-electron chi connectivity index (χ4n) is 2.72. The zero-order chi connectivity index (χ0) is 15.7. The van der Waals surface area contributed by atoms with Gasteiger partial charge in [-0.05, 0) is 24.2 Å². The number of unbranched alkanes of at least 4 members (excludes halogenated alkanes) is 2. The number of carbonyl (C=O) groups excluding carboxylic acids is 3. The highest BCUT2D eigenvalue weighted by Gasteiger charge is 2.39. The van der Waals surface area contributed by atoms with Crippen molar-refractivity contribution < 1.29 is 14.4 Å². The molecule has 22 heavy (non-hydrogen) atoms. The minimum absolute atomic E-state index is 0.190. The molecule has 0 atom stereocenters. The summed E-state index contributed by atoms with van der Waals surface area (Å²) >= 11 is 0.801. The number of rotatable bonds is 4. The predicted octanol–water partition coefficient (Wildman–Crippen LogP) is 2.92. The Bertz CT molecular complexity index is 696. The van der Waals surface area contributed by atoms with Crippen LogP contribution in [0.15, 0.2) is 29.2 Å². The van der Waals surface area contributed by atoms with E-state index in [0.717, 1.165) is 42.3 Å². The number of para-hydroxylation sites is 1. The first-order valence-corrected chi connectivity index (χ1v) is 8.14. The Kier molecular flexibility index (Phi) is 4.02. The lowest BCUT2D eigenvalue weighted by molar-refractivity contribution is -0.116. The maximum atomic E-state index is 12.8. The number of carbonyl (C=O) groups is 3. The van der Waals surface area contributed by atoms with Gasteiger partial charge in [0.1, 0.15) is 0 Å². The highest BCUT2D eigenvalue weighted by molar-refractivity contribution is 8.18. The van der Waals surface area contributed by atoms with Crippen molar-refractivity contribution in [2.75, 3.05) is 11.4 Å². The van der Waals surface area contributed by atoms with Crippen LogP contribution < -0.4 is 10.2 Å². The van der Waals surface area contributed by atoms with E-state index < -0.39 is 11.1 Å². The summed E-state index contributed by atoms with van der Waals surface area (Å²) in [7, 11) is 0. The van der Waals surface area contributed by atoms with Crippen molar-refractivity contribution in [2.24, 2.45) is 0 Å². The summed E-state index contributed by atoms with van der Waals surface area (Å²) in [6, 6.07) is 7.42. The zero-order valence-corrected chi connectivity index (χ0v) is 13.0. The fourth-order valence-corrected chi connectivity index (χ4v) is 3.49. The molecule has 2 aliphatic heterocycles. The lowest BCUT2D eigenvalue weighted by atomic mass is 10.1. The molecule has 0 aliphatic carbocycles. The summed E-state index contributed by atoms with van der Waals surface area (Å²) in [5.41, 5.74) is 1.90. The van der Waals surface area contributed by atoms with E-state index in [4.69, 9.17) is 0 Å². The van der Waals surface area contributed by atoms with E-state index in [0.29, 0.717) is 12.1 Å². The van der Waals surface area contributed by atoms with E-state index in [-0.39, 0.29) is 10.8 Å². The number of hydrogen-bond acceptors (Lipinski definition) is 4. The van der Waals surface area contributed by atoms with Gasteiger partial charge in [-0.15, -0.1) is 0 Å². The third-order valence-electron chi connectivity index (χ3n) is 3.75. The fraction of sp³-hybridized carbons (Fsp3) is 0.312. The van der Waals surface area contributed by atoms with Gasteiger partial charge in [0.25, 0.3) is 17.1 Å². The van der Waals surface area contributed by atoms with Crippen LogP contribution in [0.25, 0.3) is 5.57 Å². The number of nitrogens with one attached hydrogen (secondary N) is 1. The quantitative estimate of drug-likeness (QED) is 0.685. The number of anilines is 1. The van der Waals surface area contributed by atoms with E-state index in [1.165, 1.54) is 0 Å². The van der Waals surface area contributed by atoms with Gasteiger partial charge in [-0.1, -0.05) is 38.0 Å².